The molecule has 4 atom stereocenters. The van der Waals surface area contributed by atoms with E-state index in [1.54, 1.807) is 12.1 Å². The molecule has 0 saturated carbocycles. The number of aromatic nitrogens is 4. The van der Waals surface area contributed by atoms with Gasteiger partial charge in [-0.2, -0.15) is 0 Å². The van der Waals surface area contributed by atoms with Crippen LogP contribution in [0.1, 0.15) is 20.1 Å². The highest BCUT2D eigenvalue weighted by atomic mass is 32.1. The first-order valence-electron chi connectivity index (χ1n) is 8.28. The number of rotatable bonds is 3. The van der Waals surface area contributed by atoms with E-state index in [1.807, 2.05) is 4.57 Å². The third-order valence-electron chi connectivity index (χ3n) is 4.47. The molecule has 0 aliphatic carbocycles. The number of carbonyl (C=O) groups is 2. The van der Waals surface area contributed by atoms with E-state index in [9.17, 15) is 9.59 Å². The summed E-state index contributed by atoms with van der Waals surface area (Å²) in [7, 11) is 1.79. The molecule has 4 rings (SSSR count). The van der Waals surface area contributed by atoms with Gasteiger partial charge in [-0.25, -0.2) is 15.4 Å². The minimum Gasteiger partial charge on any atom is -0.463 e. The Hall–Kier alpha value is -2.57. The van der Waals surface area contributed by atoms with Crippen LogP contribution in [-0.2, 0) is 23.8 Å². The first-order valence-corrected chi connectivity index (χ1v) is 8.69. The standard InChI is InChI=1S/C15H18N6O5S/c1-6(22)24-4-8-11(25-7(2)23)9-14(26-8)21-12-10(13(27)17-5-16-12)18-15(21)20(3)19-9/h5,8-9,11,14,19H,4H2,1-3H3,(H,16,17,27)/t8-,9+,11-,14-/m1/s1. The van der Waals surface area contributed by atoms with Gasteiger partial charge in [-0.05, 0) is 0 Å². The summed E-state index contributed by atoms with van der Waals surface area (Å²) in [5.74, 6) is -0.327. The molecule has 4 heterocycles. The molecule has 2 N–H and O–H groups in total. The lowest BCUT2D eigenvalue weighted by molar-refractivity contribution is -0.155. The van der Waals surface area contributed by atoms with E-state index in [1.165, 1.54) is 20.2 Å². The molecule has 27 heavy (non-hydrogen) atoms. The van der Waals surface area contributed by atoms with Crippen molar-refractivity contribution in [3.8, 4) is 0 Å². The number of nitrogens with zero attached hydrogens (tertiary/aromatic N) is 4. The number of anilines is 1. The Morgan fingerprint density at radius 1 is 1.37 bits per heavy atom. The van der Waals surface area contributed by atoms with Gasteiger partial charge in [0.25, 0.3) is 0 Å². The lowest BCUT2D eigenvalue weighted by atomic mass is 10.1. The number of nitrogens with one attached hydrogen (secondary N) is 2. The molecular formula is C15H18N6O5S. The van der Waals surface area contributed by atoms with Crippen LogP contribution in [0.5, 0.6) is 0 Å². The van der Waals surface area contributed by atoms with Gasteiger partial charge in [0.2, 0.25) is 5.95 Å². The third kappa shape index (κ3) is 2.95. The normalized spacial score (nSPS) is 26.6. The second-order valence-corrected chi connectivity index (χ2v) is 6.73. The number of hydrogen-bond acceptors (Lipinski definition) is 10. The van der Waals surface area contributed by atoms with Gasteiger partial charge in [-0.3, -0.25) is 19.2 Å². The van der Waals surface area contributed by atoms with Crippen molar-refractivity contribution in [3.63, 3.8) is 0 Å². The fraction of sp³-hybridized carbons (Fsp3) is 0.533. The maximum absolute atomic E-state index is 11.6. The predicted molar refractivity (Wildman–Crippen MR) is 94.1 cm³/mol. The lowest BCUT2D eigenvalue weighted by Crippen LogP contribution is -2.56. The van der Waals surface area contributed by atoms with Crippen LogP contribution >= 0.6 is 12.2 Å². The molecule has 1 fully saturated rings. The Balaban J connectivity index is 1.77. The van der Waals surface area contributed by atoms with Crippen LogP contribution in [0, 0.1) is 4.64 Å². The average Bonchev–Trinajstić information content (AvgIpc) is 3.13. The summed E-state index contributed by atoms with van der Waals surface area (Å²) in [4.78, 5) is 34.5. The minimum atomic E-state index is -0.662. The van der Waals surface area contributed by atoms with E-state index in [-0.39, 0.29) is 6.61 Å². The average molecular weight is 394 g/mol. The first-order chi connectivity index (χ1) is 12.9. The largest absolute Gasteiger partial charge is 0.463 e. The molecule has 0 spiro atoms. The SMILES string of the molecule is CC(=O)OC[C@H]1O[C@@H]2[C@@H](NN(C)c3nc4c(=S)nc[nH]c4n32)[C@@H]1OC(C)=O. The van der Waals surface area contributed by atoms with Crippen LogP contribution in [0.25, 0.3) is 11.2 Å². The molecular weight excluding hydrogens is 376 g/mol. The Labute approximate surface area is 158 Å². The van der Waals surface area contributed by atoms with Crippen molar-refractivity contribution >= 4 is 41.3 Å². The zero-order chi connectivity index (χ0) is 19.3. The number of ether oxygens (including phenoxy) is 3. The van der Waals surface area contributed by atoms with Gasteiger partial charge in [0.1, 0.15) is 29.9 Å². The molecule has 2 aliphatic heterocycles. The highest BCUT2D eigenvalue weighted by molar-refractivity contribution is 7.71. The van der Waals surface area contributed by atoms with Crippen LogP contribution in [0.3, 0.4) is 0 Å². The zero-order valence-electron chi connectivity index (χ0n) is 14.8. The number of imidazole rings is 1. The maximum atomic E-state index is 11.6. The van der Waals surface area contributed by atoms with Gasteiger partial charge in [-0.15, -0.1) is 0 Å². The number of esters is 2. The van der Waals surface area contributed by atoms with Gasteiger partial charge in [0.05, 0.1) is 6.33 Å². The summed E-state index contributed by atoms with van der Waals surface area (Å²) in [6.45, 7) is 2.60. The van der Waals surface area contributed by atoms with Gasteiger partial charge in [-0.1, -0.05) is 12.2 Å². The van der Waals surface area contributed by atoms with Crippen LogP contribution in [0.2, 0.25) is 0 Å². The molecule has 1 saturated heterocycles. The number of aromatic amines is 1. The Morgan fingerprint density at radius 2 is 2.15 bits per heavy atom. The van der Waals surface area contributed by atoms with Crippen molar-refractivity contribution in [1.29, 1.82) is 0 Å². The molecule has 2 aromatic rings. The highest BCUT2D eigenvalue weighted by Gasteiger charge is 2.52. The van der Waals surface area contributed by atoms with Gasteiger partial charge in [0, 0.05) is 20.9 Å². The quantitative estimate of drug-likeness (QED) is 0.551. The molecule has 2 aliphatic rings. The lowest BCUT2D eigenvalue weighted by Gasteiger charge is -2.35. The van der Waals surface area contributed by atoms with E-state index < -0.39 is 36.4 Å². The van der Waals surface area contributed by atoms with E-state index in [0.717, 1.165) is 0 Å². The van der Waals surface area contributed by atoms with Gasteiger partial charge < -0.3 is 19.2 Å². The van der Waals surface area contributed by atoms with Crippen LogP contribution in [0.4, 0.5) is 5.95 Å². The molecule has 0 unspecified atom stereocenters. The molecule has 144 valence electrons. The van der Waals surface area contributed by atoms with Crippen molar-refractivity contribution in [2.75, 3.05) is 18.7 Å². The number of hydrogen-bond donors (Lipinski definition) is 2. The van der Waals surface area contributed by atoms with Crippen LogP contribution < -0.4 is 10.4 Å². The monoisotopic (exact) mass is 394 g/mol. The van der Waals surface area contributed by atoms with E-state index in [4.69, 9.17) is 26.4 Å². The van der Waals surface area contributed by atoms with Gasteiger partial charge in [0.15, 0.2) is 17.0 Å². The Morgan fingerprint density at radius 3 is 2.85 bits per heavy atom. The fourth-order valence-corrected chi connectivity index (χ4v) is 3.64. The summed E-state index contributed by atoms with van der Waals surface area (Å²) in [5, 5.41) is 1.71. The van der Waals surface area contributed by atoms with Gasteiger partial charge >= 0.3 is 11.9 Å². The molecule has 2 aromatic heterocycles. The number of H-pyrrole nitrogens is 1. The summed E-state index contributed by atoms with van der Waals surface area (Å²) in [5.41, 5.74) is 4.40. The van der Waals surface area contributed by atoms with Crippen molar-refractivity contribution in [1.82, 2.24) is 24.9 Å². The number of hydrazine groups is 1. The smallest absolute Gasteiger partial charge is 0.303 e. The second kappa shape index (κ2) is 6.55. The van der Waals surface area contributed by atoms with E-state index in [2.05, 4.69) is 20.4 Å². The van der Waals surface area contributed by atoms with Crippen LogP contribution in [-0.4, -0.2) is 63.4 Å². The second-order valence-electron chi connectivity index (χ2n) is 6.34. The molecule has 0 amide bonds. The van der Waals surface area contributed by atoms with E-state index >= 15 is 0 Å². The molecule has 0 bridgehead atoms. The molecule has 11 nitrogen and oxygen atoms in total. The topological polar surface area (TPSA) is 124 Å². The molecule has 0 aromatic carbocycles. The Bertz CT molecular complexity index is 973. The fourth-order valence-electron chi connectivity index (χ4n) is 3.45. The summed E-state index contributed by atoms with van der Waals surface area (Å²) < 4.78 is 18.9. The van der Waals surface area contributed by atoms with Crippen molar-refractivity contribution in [2.45, 2.75) is 38.3 Å². The first kappa shape index (κ1) is 17.8. The number of fused-ring (bicyclic) bond motifs is 5. The van der Waals surface area contributed by atoms with Crippen molar-refractivity contribution < 1.29 is 23.8 Å². The zero-order valence-corrected chi connectivity index (χ0v) is 15.6. The van der Waals surface area contributed by atoms with E-state index in [0.29, 0.717) is 21.8 Å². The highest BCUT2D eigenvalue weighted by Crippen LogP contribution is 2.39. The maximum Gasteiger partial charge on any atom is 0.303 e. The number of carbonyl (C=O) groups excluding carboxylic acids is 2. The van der Waals surface area contributed by atoms with Crippen molar-refractivity contribution in [2.24, 2.45) is 0 Å². The third-order valence-corrected chi connectivity index (χ3v) is 4.77. The molecule has 0 radical (unpaired) electrons. The minimum absolute atomic E-state index is 0.0365. The summed E-state index contributed by atoms with van der Waals surface area (Å²) in [6, 6.07) is -0.417. The summed E-state index contributed by atoms with van der Waals surface area (Å²) >= 11 is 5.26. The molecule has 12 heteroatoms. The summed E-state index contributed by atoms with van der Waals surface area (Å²) in [6.07, 6.45) is -0.364. The Kier molecular flexibility index (Phi) is 4.32. The van der Waals surface area contributed by atoms with Crippen molar-refractivity contribution in [3.05, 3.63) is 11.0 Å². The predicted octanol–water partition coefficient (Wildman–Crippen LogP) is 0.204. The van der Waals surface area contributed by atoms with Crippen LogP contribution in [0.15, 0.2) is 6.33 Å².